The van der Waals surface area contributed by atoms with Crippen LogP contribution in [-0.2, 0) is 14.8 Å². The second-order valence-electron chi connectivity index (χ2n) is 4.45. The van der Waals surface area contributed by atoms with E-state index in [1.165, 1.54) is 0 Å². The minimum Gasteiger partial charge on any atom is -0.481 e. The van der Waals surface area contributed by atoms with Gasteiger partial charge < -0.3 is 5.11 Å². The smallest absolute Gasteiger partial charge is 0.303 e. The van der Waals surface area contributed by atoms with Crippen molar-refractivity contribution in [1.82, 2.24) is 4.72 Å². The molecule has 0 bridgehead atoms. The first-order chi connectivity index (χ1) is 9.35. The summed E-state index contributed by atoms with van der Waals surface area (Å²) < 4.78 is 27.5. The highest BCUT2D eigenvalue weighted by molar-refractivity contribution is 9.11. The second kappa shape index (κ2) is 8.11. The number of hydrogen-bond acceptors (Lipinski definition) is 4. The summed E-state index contributed by atoms with van der Waals surface area (Å²) in [5.74, 6) is -0.587. The highest BCUT2D eigenvalue weighted by Crippen LogP contribution is 2.25. The molecule has 0 radical (unpaired) electrons. The van der Waals surface area contributed by atoms with E-state index >= 15 is 0 Å². The van der Waals surface area contributed by atoms with Crippen molar-refractivity contribution in [3.05, 3.63) is 15.9 Å². The third kappa shape index (κ3) is 5.90. The number of carbonyl (C=O) groups is 1. The van der Waals surface area contributed by atoms with E-state index in [1.54, 1.807) is 12.1 Å². The fourth-order valence-electron chi connectivity index (χ4n) is 1.79. The minimum absolute atomic E-state index is 0.128. The topological polar surface area (TPSA) is 83.5 Å². The lowest BCUT2D eigenvalue weighted by Gasteiger charge is -2.13. The molecule has 0 spiro atoms. The number of aliphatic carboxylic acids is 1. The van der Waals surface area contributed by atoms with Crippen LogP contribution in [0.5, 0.6) is 0 Å². The van der Waals surface area contributed by atoms with Crippen LogP contribution in [0, 0.1) is 5.92 Å². The van der Waals surface area contributed by atoms with Gasteiger partial charge in [0.25, 0.3) is 0 Å². The first-order valence-electron chi connectivity index (χ1n) is 6.32. The van der Waals surface area contributed by atoms with Gasteiger partial charge in [0.15, 0.2) is 0 Å². The molecule has 0 amide bonds. The van der Waals surface area contributed by atoms with Gasteiger partial charge in [-0.3, -0.25) is 4.79 Å². The second-order valence-corrected chi connectivity index (χ2v) is 8.91. The van der Waals surface area contributed by atoms with Gasteiger partial charge in [0, 0.05) is 13.0 Å². The van der Waals surface area contributed by atoms with Crippen LogP contribution in [0.2, 0.25) is 0 Å². The lowest BCUT2D eigenvalue weighted by Crippen LogP contribution is -2.25. The van der Waals surface area contributed by atoms with Crippen molar-refractivity contribution in [2.75, 3.05) is 6.54 Å². The zero-order valence-electron chi connectivity index (χ0n) is 11.1. The highest BCUT2D eigenvalue weighted by atomic mass is 79.9. The van der Waals surface area contributed by atoms with Gasteiger partial charge in [0.2, 0.25) is 10.0 Å². The normalized spacial score (nSPS) is 13.3. The van der Waals surface area contributed by atoms with Gasteiger partial charge in [-0.1, -0.05) is 13.3 Å². The molecular formula is C12H18BrNO4S2. The van der Waals surface area contributed by atoms with Gasteiger partial charge in [0.05, 0.1) is 3.79 Å². The molecule has 1 aromatic heterocycles. The monoisotopic (exact) mass is 383 g/mol. The summed E-state index contributed by atoms with van der Waals surface area (Å²) in [7, 11) is -3.45. The van der Waals surface area contributed by atoms with Crippen molar-refractivity contribution in [2.24, 2.45) is 5.92 Å². The number of rotatable bonds is 9. The van der Waals surface area contributed by atoms with Crippen LogP contribution in [0.1, 0.15) is 32.6 Å². The maximum Gasteiger partial charge on any atom is 0.303 e. The molecule has 8 heteroatoms. The van der Waals surface area contributed by atoms with Crippen molar-refractivity contribution in [3.63, 3.8) is 0 Å². The average molecular weight is 384 g/mol. The Morgan fingerprint density at radius 2 is 2.15 bits per heavy atom. The molecule has 0 saturated carbocycles. The molecule has 0 aliphatic rings. The minimum atomic E-state index is -3.45. The van der Waals surface area contributed by atoms with Crippen LogP contribution in [0.25, 0.3) is 0 Å². The zero-order chi connectivity index (χ0) is 15.2. The van der Waals surface area contributed by atoms with E-state index in [0.29, 0.717) is 19.4 Å². The molecule has 1 atom stereocenters. The van der Waals surface area contributed by atoms with Crippen LogP contribution in [-0.4, -0.2) is 26.0 Å². The number of sulfonamides is 1. The van der Waals surface area contributed by atoms with E-state index in [2.05, 4.69) is 20.7 Å². The lowest BCUT2D eigenvalue weighted by atomic mass is 9.97. The summed E-state index contributed by atoms with van der Waals surface area (Å²) >= 11 is 4.39. The molecule has 5 nitrogen and oxygen atoms in total. The fraction of sp³-hybridized carbons (Fsp3) is 0.583. The molecule has 1 heterocycles. The maximum atomic E-state index is 12.0. The van der Waals surface area contributed by atoms with Crippen molar-refractivity contribution in [1.29, 1.82) is 0 Å². The third-order valence-electron chi connectivity index (χ3n) is 3.00. The van der Waals surface area contributed by atoms with E-state index in [4.69, 9.17) is 5.11 Å². The Morgan fingerprint density at radius 1 is 1.45 bits per heavy atom. The van der Waals surface area contributed by atoms with E-state index in [-0.39, 0.29) is 16.5 Å². The molecule has 0 aliphatic carbocycles. The fourth-order valence-corrected chi connectivity index (χ4v) is 4.89. The molecule has 1 aromatic rings. The van der Waals surface area contributed by atoms with Gasteiger partial charge in [-0.15, -0.1) is 11.3 Å². The van der Waals surface area contributed by atoms with Gasteiger partial charge in [0.1, 0.15) is 4.21 Å². The molecule has 114 valence electrons. The molecule has 2 N–H and O–H groups in total. The number of carboxylic acid groups (broad SMARTS) is 1. The van der Waals surface area contributed by atoms with Gasteiger partial charge in [-0.05, 0) is 46.8 Å². The summed E-state index contributed by atoms with van der Waals surface area (Å²) in [4.78, 5) is 10.5. The first-order valence-corrected chi connectivity index (χ1v) is 9.41. The molecule has 0 aromatic carbocycles. The number of hydrogen-bond donors (Lipinski definition) is 2. The van der Waals surface area contributed by atoms with Crippen molar-refractivity contribution in [3.8, 4) is 0 Å². The van der Waals surface area contributed by atoms with Crippen LogP contribution in [0.15, 0.2) is 20.1 Å². The van der Waals surface area contributed by atoms with E-state index < -0.39 is 16.0 Å². The van der Waals surface area contributed by atoms with E-state index in [9.17, 15) is 13.2 Å². The molecular weight excluding hydrogens is 366 g/mol. The molecule has 20 heavy (non-hydrogen) atoms. The van der Waals surface area contributed by atoms with E-state index in [1.807, 2.05) is 6.92 Å². The lowest BCUT2D eigenvalue weighted by molar-refractivity contribution is -0.137. The first kappa shape index (κ1) is 17.6. The Balaban J connectivity index is 2.44. The summed E-state index contributed by atoms with van der Waals surface area (Å²) in [5.41, 5.74) is 0. The largest absolute Gasteiger partial charge is 0.481 e. The highest BCUT2D eigenvalue weighted by Gasteiger charge is 2.17. The zero-order valence-corrected chi connectivity index (χ0v) is 14.4. The van der Waals surface area contributed by atoms with Crippen LogP contribution in [0.4, 0.5) is 0 Å². The predicted octanol–water partition coefficient (Wildman–Crippen LogP) is 3.07. The molecule has 1 unspecified atom stereocenters. The van der Waals surface area contributed by atoms with Crippen LogP contribution < -0.4 is 4.72 Å². The maximum absolute atomic E-state index is 12.0. The molecule has 0 aliphatic heterocycles. The number of thiophene rings is 1. The predicted molar refractivity (Wildman–Crippen MR) is 82.5 cm³/mol. The van der Waals surface area contributed by atoms with E-state index in [0.717, 1.165) is 21.5 Å². The van der Waals surface area contributed by atoms with Gasteiger partial charge in [-0.25, -0.2) is 13.1 Å². The summed E-state index contributed by atoms with van der Waals surface area (Å²) in [5, 5.41) is 8.65. The number of nitrogens with one attached hydrogen (secondary N) is 1. The Hall–Kier alpha value is -0.440. The van der Waals surface area contributed by atoms with Crippen molar-refractivity contribution >= 4 is 43.3 Å². The van der Waals surface area contributed by atoms with Crippen molar-refractivity contribution < 1.29 is 18.3 Å². The number of halogens is 1. The van der Waals surface area contributed by atoms with Gasteiger partial charge >= 0.3 is 5.97 Å². The summed E-state index contributed by atoms with van der Waals surface area (Å²) in [6.45, 7) is 2.31. The summed E-state index contributed by atoms with van der Waals surface area (Å²) in [6, 6.07) is 3.25. The molecule has 0 saturated heterocycles. The SMILES string of the molecule is CCC(CCNS(=O)(=O)c1ccc(Br)s1)CCC(=O)O. The summed E-state index contributed by atoms with van der Waals surface area (Å²) in [6.07, 6.45) is 2.20. The third-order valence-corrected chi connectivity index (χ3v) is 6.58. The quantitative estimate of drug-likeness (QED) is 0.686. The Bertz CT molecular complexity index is 541. The molecule has 0 fully saturated rings. The average Bonchev–Trinajstić information content (AvgIpc) is 2.80. The Kier molecular flexibility index (Phi) is 7.14. The molecule has 1 rings (SSSR count). The van der Waals surface area contributed by atoms with Crippen LogP contribution >= 0.6 is 27.3 Å². The number of carboxylic acids is 1. The van der Waals surface area contributed by atoms with Crippen LogP contribution in [0.3, 0.4) is 0 Å². The van der Waals surface area contributed by atoms with Gasteiger partial charge in [-0.2, -0.15) is 0 Å². The Labute approximate surface area is 131 Å². The van der Waals surface area contributed by atoms with Crippen molar-refractivity contribution in [2.45, 2.75) is 36.8 Å². The standard InChI is InChI=1S/C12H18BrNO4S2/c1-2-9(3-5-11(15)16)7-8-14-20(17,18)12-6-4-10(13)19-12/h4,6,9,14H,2-3,5,7-8H2,1H3,(H,15,16). The Morgan fingerprint density at radius 3 is 2.65 bits per heavy atom.